The van der Waals surface area contributed by atoms with Gasteiger partial charge >= 0.3 is 0 Å². The van der Waals surface area contributed by atoms with E-state index in [9.17, 15) is 4.79 Å². The highest BCUT2D eigenvalue weighted by atomic mass is 16.1. The van der Waals surface area contributed by atoms with Crippen LogP contribution in [0.25, 0.3) is 22.6 Å². The molecule has 0 saturated carbocycles. The van der Waals surface area contributed by atoms with Crippen LogP contribution < -0.4 is 5.32 Å². The first-order valence-corrected chi connectivity index (χ1v) is 9.68. The zero-order chi connectivity index (χ0) is 20.9. The molecule has 3 heterocycles. The first-order chi connectivity index (χ1) is 14.6. The summed E-state index contributed by atoms with van der Waals surface area (Å²) in [6.07, 6.45) is 6.65. The van der Waals surface area contributed by atoms with E-state index in [1.807, 2.05) is 68.4 Å². The number of carbonyl (C=O) groups excluding carboxylic acids is 1. The molecule has 1 N–H and O–H groups in total. The van der Waals surface area contributed by atoms with Crippen LogP contribution in [0.3, 0.4) is 0 Å². The summed E-state index contributed by atoms with van der Waals surface area (Å²) in [6, 6.07) is 17.0. The topological polar surface area (TPSA) is 80.7 Å². The highest BCUT2D eigenvalue weighted by Crippen LogP contribution is 2.25. The number of aryl methyl sites for hydroxylation is 1. The van der Waals surface area contributed by atoms with Gasteiger partial charge in [0, 0.05) is 35.9 Å². The van der Waals surface area contributed by atoms with E-state index in [1.165, 1.54) is 0 Å². The quantitative estimate of drug-likeness (QED) is 0.542. The summed E-state index contributed by atoms with van der Waals surface area (Å²) < 4.78 is 0. The first kappa shape index (κ1) is 19.4. The second-order valence-corrected chi connectivity index (χ2v) is 7.01. The molecule has 1 aromatic carbocycles. The fourth-order valence-electron chi connectivity index (χ4n) is 3.10. The number of nitrogens with one attached hydrogen (secondary N) is 1. The molecule has 4 rings (SSSR count). The Hall–Kier alpha value is -3.93. The van der Waals surface area contributed by atoms with E-state index in [0.29, 0.717) is 17.1 Å². The van der Waals surface area contributed by atoms with Crippen molar-refractivity contribution in [1.82, 2.24) is 25.3 Å². The van der Waals surface area contributed by atoms with Crippen molar-refractivity contribution >= 4 is 5.91 Å². The fourth-order valence-corrected chi connectivity index (χ4v) is 3.10. The van der Waals surface area contributed by atoms with Crippen molar-refractivity contribution in [2.45, 2.75) is 19.9 Å². The molecule has 0 saturated heterocycles. The molecule has 0 bridgehead atoms. The summed E-state index contributed by atoms with van der Waals surface area (Å²) in [4.78, 5) is 30.7. The fraction of sp³-hybridized carbons (Fsp3) is 0.125. The number of hydrogen-bond acceptors (Lipinski definition) is 5. The van der Waals surface area contributed by atoms with E-state index in [-0.39, 0.29) is 11.9 Å². The number of nitrogens with zero attached hydrogens (tertiary/aromatic N) is 4. The van der Waals surface area contributed by atoms with Gasteiger partial charge in [-0.2, -0.15) is 0 Å². The molecule has 0 fully saturated rings. The van der Waals surface area contributed by atoms with Crippen LogP contribution in [0.4, 0.5) is 0 Å². The van der Waals surface area contributed by atoms with Crippen LogP contribution >= 0.6 is 0 Å². The summed E-state index contributed by atoms with van der Waals surface area (Å²) in [5, 5.41) is 2.99. The SMILES string of the molecule is Cc1ccc(-c2ncc(C(=O)N[C@H](C)c3ccccn3)c(-c3ccncc3)n2)cc1. The number of aromatic nitrogens is 4. The van der Waals surface area contributed by atoms with Crippen molar-refractivity contribution in [1.29, 1.82) is 0 Å². The molecule has 4 aromatic rings. The summed E-state index contributed by atoms with van der Waals surface area (Å²) in [7, 11) is 0. The predicted octanol–water partition coefficient (Wildman–Crippen LogP) is 4.40. The van der Waals surface area contributed by atoms with Gasteiger partial charge < -0.3 is 5.32 Å². The monoisotopic (exact) mass is 395 g/mol. The molecule has 0 radical (unpaired) electrons. The van der Waals surface area contributed by atoms with Crippen molar-refractivity contribution in [3.63, 3.8) is 0 Å². The minimum Gasteiger partial charge on any atom is -0.344 e. The van der Waals surface area contributed by atoms with Gasteiger partial charge in [-0.15, -0.1) is 0 Å². The van der Waals surface area contributed by atoms with Gasteiger partial charge in [-0.1, -0.05) is 35.9 Å². The number of carbonyl (C=O) groups is 1. The van der Waals surface area contributed by atoms with Crippen LogP contribution in [-0.4, -0.2) is 25.8 Å². The van der Waals surface area contributed by atoms with Crippen molar-refractivity contribution in [2.24, 2.45) is 0 Å². The maximum Gasteiger partial charge on any atom is 0.255 e. The smallest absolute Gasteiger partial charge is 0.255 e. The van der Waals surface area contributed by atoms with Crippen molar-refractivity contribution in [3.8, 4) is 22.6 Å². The lowest BCUT2D eigenvalue weighted by Crippen LogP contribution is -2.28. The summed E-state index contributed by atoms with van der Waals surface area (Å²) in [5.74, 6) is 0.312. The largest absolute Gasteiger partial charge is 0.344 e. The van der Waals surface area contributed by atoms with Crippen LogP contribution in [-0.2, 0) is 0 Å². The normalized spacial score (nSPS) is 11.7. The molecule has 0 aliphatic rings. The number of benzene rings is 1. The molecule has 148 valence electrons. The second kappa shape index (κ2) is 8.61. The van der Waals surface area contributed by atoms with Crippen LogP contribution in [0.15, 0.2) is 79.4 Å². The molecule has 6 heteroatoms. The van der Waals surface area contributed by atoms with Gasteiger partial charge in [-0.25, -0.2) is 9.97 Å². The standard InChI is InChI=1S/C24H21N5O/c1-16-6-8-19(9-7-16)23-27-15-20(22(29-23)18-10-13-25-14-11-18)24(30)28-17(2)21-5-3-4-12-26-21/h3-15,17H,1-2H3,(H,28,30)/t17-/m1/s1. The highest BCUT2D eigenvalue weighted by Gasteiger charge is 2.19. The average molecular weight is 395 g/mol. The molecule has 3 aromatic heterocycles. The van der Waals surface area contributed by atoms with E-state index in [1.54, 1.807) is 24.8 Å². The molecule has 1 amide bonds. The van der Waals surface area contributed by atoms with Gasteiger partial charge in [0.05, 0.1) is 23.0 Å². The Morgan fingerprint density at radius 1 is 0.900 bits per heavy atom. The van der Waals surface area contributed by atoms with Crippen LogP contribution in [0.2, 0.25) is 0 Å². The molecule has 6 nitrogen and oxygen atoms in total. The lowest BCUT2D eigenvalue weighted by molar-refractivity contribution is 0.0939. The zero-order valence-corrected chi connectivity index (χ0v) is 16.8. The maximum absolute atomic E-state index is 13.1. The highest BCUT2D eigenvalue weighted by molar-refractivity contribution is 6.00. The third-order valence-corrected chi connectivity index (χ3v) is 4.78. The van der Waals surface area contributed by atoms with Crippen LogP contribution in [0.1, 0.15) is 34.6 Å². The molecule has 0 spiro atoms. The third-order valence-electron chi connectivity index (χ3n) is 4.78. The lowest BCUT2D eigenvalue weighted by atomic mass is 10.1. The summed E-state index contributed by atoms with van der Waals surface area (Å²) in [6.45, 7) is 3.93. The maximum atomic E-state index is 13.1. The van der Waals surface area contributed by atoms with Crippen LogP contribution in [0, 0.1) is 6.92 Å². The Labute approximate surface area is 175 Å². The van der Waals surface area contributed by atoms with E-state index in [0.717, 1.165) is 22.4 Å². The molecule has 0 aliphatic heterocycles. The third kappa shape index (κ3) is 4.22. The Morgan fingerprint density at radius 2 is 1.67 bits per heavy atom. The number of pyridine rings is 2. The van der Waals surface area contributed by atoms with E-state index in [2.05, 4.69) is 20.3 Å². The van der Waals surface area contributed by atoms with E-state index in [4.69, 9.17) is 4.98 Å². The number of amides is 1. The van der Waals surface area contributed by atoms with Crippen molar-refractivity contribution < 1.29 is 4.79 Å². The minimum atomic E-state index is -0.254. The van der Waals surface area contributed by atoms with Gasteiger partial charge in [-0.3, -0.25) is 14.8 Å². The van der Waals surface area contributed by atoms with Gasteiger partial charge in [0.1, 0.15) is 0 Å². The molecule has 30 heavy (non-hydrogen) atoms. The summed E-state index contributed by atoms with van der Waals surface area (Å²) in [5.41, 5.74) is 4.61. The number of rotatable bonds is 5. The van der Waals surface area contributed by atoms with Gasteiger partial charge in [0.25, 0.3) is 5.91 Å². The van der Waals surface area contributed by atoms with Crippen molar-refractivity contribution in [3.05, 3.63) is 96.2 Å². The molecular weight excluding hydrogens is 374 g/mol. The van der Waals surface area contributed by atoms with E-state index < -0.39 is 0 Å². The van der Waals surface area contributed by atoms with Gasteiger partial charge in [-0.05, 0) is 38.1 Å². The van der Waals surface area contributed by atoms with Gasteiger partial charge in [0.15, 0.2) is 5.82 Å². The van der Waals surface area contributed by atoms with Gasteiger partial charge in [0.2, 0.25) is 0 Å². The molecular formula is C24H21N5O. The van der Waals surface area contributed by atoms with E-state index >= 15 is 0 Å². The second-order valence-electron chi connectivity index (χ2n) is 7.01. The number of hydrogen-bond donors (Lipinski definition) is 1. The first-order valence-electron chi connectivity index (χ1n) is 9.68. The van der Waals surface area contributed by atoms with Crippen molar-refractivity contribution in [2.75, 3.05) is 0 Å². The Kier molecular flexibility index (Phi) is 5.57. The molecule has 0 aliphatic carbocycles. The minimum absolute atomic E-state index is 0.249. The Bertz CT molecular complexity index is 1150. The lowest BCUT2D eigenvalue weighted by Gasteiger charge is -2.15. The predicted molar refractivity (Wildman–Crippen MR) is 116 cm³/mol. The van der Waals surface area contributed by atoms with Crippen LogP contribution in [0.5, 0.6) is 0 Å². The zero-order valence-electron chi connectivity index (χ0n) is 16.8. The summed E-state index contributed by atoms with van der Waals surface area (Å²) >= 11 is 0. The Balaban J connectivity index is 1.71. The Morgan fingerprint density at radius 3 is 2.37 bits per heavy atom. The molecule has 0 unspecified atom stereocenters. The average Bonchev–Trinajstić information content (AvgIpc) is 2.80. The molecule has 1 atom stereocenters.